The van der Waals surface area contributed by atoms with E-state index in [4.69, 9.17) is 27.9 Å². The quantitative estimate of drug-likeness (QED) is 0.672. The first-order valence-corrected chi connectivity index (χ1v) is 10.0. The van der Waals surface area contributed by atoms with E-state index in [-0.39, 0.29) is 24.0 Å². The molecule has 1 amide bonds. The van der Waals surface area contributed by atoms with Gasteiger partial charge in [0.15, 0.2) is 0 Å². The molecule has 2 aromatic carbocycles. The summed E-state index contributed by atoms with van der Waals surface area (Å²) in [6.45, 7) is 3.03. The third-order valence-electron chi connectivity index (χ3n) is 4.87. The van der Waals surface area contributed by atoms with Gasteiger partial charge in [-0.3, -0.25) is 9.69 Å². The van der Waals surface area contributed by atoms with E-state index in [1.807, 2.05) is 12.1 Å². The molecule has 1 aliphatic heterocycles. The molecule has 29 heavy (non-hydrogen) atoms. The predicted octanol–water partition coefficient (Wildman–Crippen LogP) is 4.17. The Morgan fingerprint density at radius 1 is 1.21 bits per heavy atom. The van der Waals surface area contributed by atoms with Crippen molar-refractivity contribution in [3.8, 4) is 0 Å². The molecule has 1 unspecified atom stereocenters. The Labute approximate surface area is 178 Å². The fourth-order valence-corrected chi connectivity index (χ4v) is 3.64. The number of morpholine rings is 1. The van der Waals surface area contributed by atoms with Crippen LogP contribution in [0.3, 0.4) is 0 Å². The average Bonchev–Trinajstić information content (AvgIpc) is 2.68. The number of benzene rings is 2. The van der Waals surface area contributed by atoms with Gasteiger partial charge >= 0.3 is 0 Å². The summed E-state index contributed by atoms with van der Waals surface area (Å²) in [4.78, 5) is 16.2. The number of amides is 1. The van der Waals surface area contributed by atoms with E-state index in [2.05, 4.69) is 4.90 Å². The molecule has 0 aromatic heterocycles. The third kappa shape index (κ3) is 6.12. The maximum absolute atomic E-state index is 13.8. The fraction of sp³-hybridized carbons (Fsp3) is 0.381. The second-order valence-electron chi connectivity index (χ2n) is 7.16. The van der Waals surface area contributed by atoms with Gasteiger partial charge < -0.3 is 9.64 Å². The van der Waals surface area contributed by atoms with E-state index < -0.39 is 11.6 Å². The molecule has 1 saturated heterocycles. The van der Waals surface area contributed by atoms with E-state index in [0.29, 0.717) is 36.3 Å². The van der Waals surface area contributed by atoms with Crippen LogP contribution in [0.4, 0.5) is 8.78 Å². The van der Waals surface area contributed by atoms with Crippen molar-refractivity contribution in [2.75, 3.05) is 33.3 Å². The Kier molecular flexibility index (Phi) is 7.46. The third-order valence-corrected chi connectivity index (χ3v) is 5.60. The van der Waals surface area contributed by atoms with Crippen LogP contribution in [0.5, 0.6) is 0 Å². The van der Waals surface area contributed by atoms with Crippen molar-refractivity contribution in [3.05, 3.63) is 69.2 Å². The number of nitrogens with zero attached hydrogens (tertiary/aromatic N) is 2. The highest BCUT2D eigenvalue weighted by molar-refractivity contribution is 6.42. The lowest BCUT2D eigenvalue weighted by Gasteiger charge is -2.35. The minimum atomic E-state index is -0.588. The lowest BCUT2D eigenvalue weighted by molar-refractivity contribution is -0.132. The average molecular weight is 443 g/mol. The zero-order chi connectivity index (χ0) is 21.0. The number of carbonyl (C=O) groups excluding carboxylic acids is 1. The zero-order valence-corrected chi connectivity index (χ0v) is 17.5. The summed E-state index contributed by atoms with van der Waals surface area (Å²) in [5.41, 5.74) is 1.10. The van der Waals surface area contributed by atoms with Gasteiger partial charge in [-0.2, -0.15) is 0 Å². The van der Waals surface area contributed by atoms with Crippen LogP contribution in [-0.2, 0) is 22.5 Å². The van der Waals surface area contributed by atoms with Crippen molar-refractivity contribution in [2.24, 2.45) is 0 Å². The van der Waals surface area contributed by atoms with Crippen molar-refractivity contribution >= 4 is 29.1 Å². The van der Waals surface area contributed by atoms with Crippen LogP contribution in [0.2, 0.25) is 10.0 Å². The molecule has 0 radical (unpaired) electrons. The van der Waals surface area contributed by atoms with Gasteiger partial charge in [0, 0.05) is 38.8 Å². The highest BCUT2D eigenvalue weighted by atomic mass is 35.5. The van der Waals surface area contributed by atoms with Crippen molar-refractivity contribution in [2.45, 2.75) is 19.1 Å². The van der Waals surface area contributed by atoms with Gasteiger partial charge in [-0.05, 0) is 35.9 Å². The molecule has 0 aliphatic carbocycles. The number of carbonyl (C=O) groups is 1. The second kappa shape index (κ2) is 9.85. The molecule has 4 nitrogen and oxygen atoms in total. The molecule has 156 valence electrons. The van der Waals surface area contributed by atoms with Gasteiger partial charge in [-0.1, -0.05) is 29.3 Å². The molecular weight excluding hydrogens is 421 g/mol. The molecule has 0 saturated carbocycles. The maximum atomic E-state index is 13.8. The summed E-state index contributed by atoms with van der Waals surface area (Å²) in [5, 5.41) is 1.04. The molecule has 1 atom stereocenters. The van der Waals surface area contributed by atoms with E-state index in [9.17, 15) is 13.6 Å². The van der Waals surface area contributed by atoms with Crippen LogP contribution >= 0.6 is 23.2 Å². The number of rotatable bonds is 6. The minimum absolute atomic E-state index is 0.0488. The smallest absolute Gasteiger partial charge is 0.226 e. The first-order chi connectivity index (χ1) is 13.8. The highest BCUT2D eigenvalue weighted by Crippen LogP contribution is 2.23. The summed E-state index contributed by atoms with van der Waals surface area (Å²) >= 11 is 12.0. The molecule has 1 fully saturated rings. The molecule has 0 spiro atoms. The van der Waals surface area contributed by atoms with Crippen LogP contribution in [0.15, 0.2) is 36.4 Å². The van der Waals surface area contributed by atoms with Crippen molar-refractivity contribution in [3.63, 3.8) is 0 Å². The lowest BCUT2D eigenvalue weighted by Crippen LogP contribution is -2.47. The van der Waals surface area contributed by atoms with Crippen LogP contribution in [0, 0.1) is 11.6 Å². The number of halogens is 4. The van der Waals surface area contributed by atoms with E-state index >= 15 is 0 Å². The molecule has 0 N–H and O–H groups in total. The normalized spacial score (nSPS) is 17.3. The first-order valence-electron chi connectivity index (χ1n) is 9.27. The zero-order valence-electron chi connectivity index (χ0n) is 16.0. The predicted molar refractivity (Wildman–Crippen MR) is 109 cm³/mol. The van der Waals surface area contributed by atoms with E-state index in [0.717, 1.165) is 30.3 Å². The van der Waals surface area contributed by atoms with Crippen molar-refractivity contribution in [1.82, 2.24) is 9.80 Å². The maximum Gasteiger partial charge on any atom is 0.226 e. The Balaban J connectivity index is 1.54. The number of hydrogen-bond acceptors (Lipinski definition) is 3. The van der Waals surface area contributed by atoms with Crippen LogP contribution in [-0.4, -0.2) is 55.1 Å². The van der Waals surface area contributed by atoms with E-state index in [1.54, 1.807) is 13.1 Å². The van der Waals surface area contributed by atoms with Gasteiger partial charge in [0.1, 0.15) is 11.6 Å². The van der Waals surface area contributed by atoms with Crippen molar-refractivity contribution < 1.29 is 18.3 Å². The molecule has 0 bridgehead atoms. The molecule has 1 aliphatic rings. The number of ether oxygens (including phenoxy) is 1. The SMILES string of the molecule is CN(CC1CN(Cc2ccc(Cl)c(Cl)c2)CCO1)C(=O)Cc1cc(F)ccc1F. The summed E-state index contributed by atoms with van der Waals surface area (Å²) < 4.78 is 32.9. The monoisotopic (exact) mass is 442 g/mol. The van der Waals surface area contributed by atoms with Crippen LogP contribution in [0.1, 0.15) is 11.1 Å². The first kappa shape index (κ1) is 22.0. The largest absolute Gasteiger partial charge is 0.374 e. The van der Waals surface area contributed by atoms with Gasteiger partial charge in [-0.25, -0.2) is 8.78 Å². The minimum Gasteiger partial charge on any atom is -0.374 e. The Hall–Kier alpha value is -1.73. The molecule has 8 heteroatoms. The Morgan fingerprint density at radius 3 is 2.76 bits per heavy atom. The number of likely N-dealkylation sites (N-methyl/N-ethyl adjacent to an activating group) is 1. The summed E-state index contributed by atoms with van der Waals surface area (Å²) in [6, 6.07) is 8.67. The van der Waals surface area contributed by atoms with Crippen LogP contribution < -0.4 is 0 Å². The van der Waals surface area contributed by atoms with E-state index in [1.165, 1.54) is 4.90 Å². The van der Waals surface area contributed by atoms with Gasteiger partial charge in [0.2, 0.25) is 5.91 Å². The standard InChI is InChI=1S/C21H22Cl2F2N2O2/c1-26(21(28)10-15-9-16(24)3-5-20(15)25)12-17-13-27(6-7-29-17)11-14-2-4-18(22)19(23)8-14/h2-5,8-9,17H,6-7,10-13H2,1H3. The van der Waals surface area contributed by atoms with Crippen molar-refractivity contribution in [1.29, 1.82) is 0 Å². The summed E-state index contributed by atoms with van der Waals surface area (Å²) in [5.74, 6) is -1.44. The molecule has 1 heterocycles. The Morgan fingerprint density at radius 2 is 2.00 bits per heavy atom. The lowest BCUT2D eigenvalue weighted by atomic mass is 10.1. The second-order valence-corrected chi connectivity index (χ2v) is 7.98. The van der Waals surface area contributed by atoms with Gasteiger partial charge in [-0.15, -0.1) is 0 Å². The van der Waals surface area contributed by atoms with Gasteiger partial charge in [0.05, 0.1) is 29.2 Å². The molecule has 3 rings (SSSR count). The molecule has 2 aromatic rings. The Bertz CT molecular complexity index is 882. The summed E-state index contributed by atoms with van der Waals surface area (Å²) in [7, 11) is 1.64. The summed E-state index contributed by atoms with van der Waals surface area (Å²) in [6.07, 6.45) is -0.363. The molecular formula is C21H22Cl2F2N2O2. The fourth-order valence-electron chi connectivity index (χ4n) is 3.31. The highest BCUT2D eigenvalue weighted by Gasteiger charge is 2.24. The van der Waals surface area contributed by atoms with Crippen LogP contribution in [0.25, 0.3) is 0 Å². The van der Waals surface area contributed by atoms with Gasteiger partial charge in [0.25, 0.3) is 0 Å². The topological polar surface area (TPSA) is 32.8 Å². The number of hydrogen-bond donors (Lipinski definition) is 0.